The number of anilines is 3. The van der Waals surface area contributed by atoms with Gasteiger partial charge in [0.15, 0.2) is 6.61 Å². The number of ether oxygens (including phenoxy) is 1. The summed E-state index contributed by atoms with van der Waals surface area (Å²) in [5.41, 5.74) is -0.644. The van der Waals surface area contributed by atoms with Crippen molar-refractivity contribution in [2.75, 3.05) is 30.3 Å². The number of amides is 1. The van der Waals surface area contributed by atoms with Gasteiger partial charge < -0.3 is 20.3 Å². The van der Waals surface area contributed by atoms with Crippen molar-refractivity contribution in [1.82, 2.24) is 29.6 Å². The topological polar surface area (TPSA) is 110 Å². The molecule has 0 unspecified atom stereocenters. The molecule has 16 heteroatoms. The molecule has 1 saturated heterocycles. The number of hydrogen-bond donors (Lipinski definition) is 2. The van der Waals surface area contributed by atoms with E-state index in [9.17, 15) is 31.1 Å². The van der Waals surface area contributed by atoms with Gasteiger partial charge in [0.25, 0.3) is 5.91 Å². The Balaban J connectivity index is 1.46. The highest BCUT2D eigenvalue weighted by molar-refractivity contribution is 5.92. The average Bonchev–Trinajstić information content (AvgIpc) is 3.36. The fraction of sp³-hybridized carbons (Fsp3) is 0.435. The third kappa shape index (κ3) is 7.70. The van der Waals surface area contributed by atoms with Crippen molar-refractivity contribution in [3.05, 3.63) is 47.8 Å². The Labute approximate surface area is 218 Å². The van der Waals surface area contributed by atoms with E-state index in [4.69, 9.17) is 0 Å². The van der Waals surface area contributed by atoms with Gasteiger partial charge in [-0.2, -0.15) is 46.4 Å². The van der Waals surface area contributed by atoms with Gasteiger partial charge in [-0.1, -0.05) is 6.07 Å². The minimum atomic E-state index is -4.67. The fourth-order valence-corrected chi connectivity index (χ4v) is 3.81. The van der Waals surface area contributed by atoms with Gasteiger partial charge in [-0.25, -0.2) is 0 Å². The van der Waals surface area contributed by atoms with Crippen molar-refractivity contribution in [2.45, 2.75) is 44.7 Å². The molecule has 0 spiro atoms. The Morgan fingerprint density at radius 2 is 1.77 bits per heavy atom. The Morgan fingerprint density at radius 1 is 1.05 bits per heavy atom. The van der Waals surface area contributed by atoms with Crippen LogP contribution in [0.25, 0.3) is 0 Å². The average molecular weight is 558 g/mol. The van der Waals surface area contributed by atoms with Crippen molar-refractivity contribution in [3.8, 4) is 6.01 Å². The molecule has 0 aliphatic carbocycles. The van der Waals surface area contributed by atoms with E-state index >= 15 is 0 Å². The number of aryl methyl sites for hydroxylation is 1. The lowest BCUT2D eigenvalue weighted by atomic mass is 10.0. The standard InChI is InChI=1S/C23H24F6N8O2/c1-2-37-11-8-17(35-37)18(38)36-9-6-15(7-10-36)30-19-32-20(34-21(33-19)39-13-22(24,25)26)31-16-5-3-4-14(12-16)23(27,28)29/h3-5,8,11-12,15H,2,6-7,9-10,13H2,1H3,(H2,30,31,32,33,34). The highest BCUT2D eigenvalue weighted by Gasteiger charge is 2.31. The molecule has 2 N–H and O–H groups in total. The first-order valence-corrected chi connectivity index (χ1v) is 11.9. The maximum Gasteiger partial charge on any atom is 0.422 e. The lowest BCUT2D eigenvalue weighted by Crippen LogP contribution is -2.42. The van der Waals surface area contributed by atoms with E-state index in [1.807, 2.05) is 6.92 Å². The number of carbonyl (C=O) groups excluding carboxylic acids is 1. The molecule has 3 heterocycles. The highest BCUT2D eigenvalue weighted by atomic mass is 19.4. The minimum absolute atomic E-state index is 0.0407. The number of likely N-dealkylation sites (tertiary alicyclic amines) is 1. The van der Waals surface area contributed by atoms with Crippen LogP contribution < -0.4 is 15.4 Å². The van der Waals surface area contributed by atoms with Gasteiger partial charge >= 0.3 is 18.4 Å². The molecule has 210 valence electrons. The molecule has 1 aromatic carbocycles. The predicted molar refractivity (Wildman–Crippen MR) is 127 cm³/mol. The zero-order chi connectivity index (χ0) is 28.2. The lowest BCUT2D eigenvalue weighted by molar-refractivity contribution is -0.154. The van der Waals surface area contributed by atoms with Crippen molar-refractivity contribution >= 4 is 23.5 Å². The summed E-state index contributed by atoms with van der Waals surface area (Å²) >= 11 is 0. The first-order valence-electron chi connectivity index (χ1n) is 11.9. The number of benzene rings is 1. The van der Waals surface area contributed by atoms with Gasteiger partial charge in [0.1, 0.15) is 5.69 Å². The van der Waals surface area contributed by atoms with Crippen LogP contribution in [-0.4, -0.2) is 67.5 Å². The van der Waals surface area contributed by atoms with E-state index in [1.165, 1.54) is 6.07 Å². The van der Waals surface area contributed by atoms with Gasteiger partial charge in [-0.3, -0.25) is 9.48 Å². The molecule has 4 rings (SSSR count). The molecule has 0 atom stereocenters. The lowest BCUT2D eigenvalue weighted by Gasteiger charge is -2.32. The molecule has 1 aliphatic heterocycles. The number of nitrogens with zero attached hydrogens (tertiary/aromatic N) is 6. The number of rotatable bonds is 8. The summed E-state index contributed by atoms with van der Waals surface area (Å²) in [5, 5.41) is 9.76. The van der Waals surface area contributed by atoms with Crippen LogP contribution in [0.3, 0.4) is 0 Å². The number of aromatic nitrogens is 5. The SMILES string of the molecule is CCn1ccc(C(=O)N2CCC(Nc3nc(Nc4cccc(C(F)(F)F)c4)nc(OCC(F)(F)F)n3)CC2)n1. The fourth-order valence-electron chi connectivity index (χ4n) is 3.81. The quantitative estimate of drug-likeness (QED) is 0.389. The summed E-state index contributed by atoms with van der Waals surface area (Å²) in [6.45, 7) is 1.62. The van der Waals surface area contributed by atoms with Crippen LogP contribution in [0.2, 0.25) is 0 Å². The van der Waals surface area contributed by atoms with Gasteiger partial charge in [0.2, 0.25) is 11.9 Å². The number of nitrogens with one attached hydrogen (secondary N) is 2. The zero-order valence-electron chi connectivity index (χ0n) is 20.6. The van der Waals surface area contributed by atoms with Crippen molar-refractivity contribution < 1.29 is 35.9 Å². The second-order valence-corrected chi connectivity index (χ2v) is 8.64. The van der Waals surface area contributed by atoms with E-state index in [0.717, 1.165) is 18.2 Å². The Hall–Kier alpha value is -4.11. The summed E-state index contributed by atoms with van der Waals surface area (Å²) in [6, 6.07) is 4.88. The Kier molecular flexibility index (Phi) is 8.11. The third-order valence-electron chi connectivity index (χ3n) is 5.73. The second kappa shape index (κ2) is 11.3. The van der Waals surface area contributed by atoms with Gasteiger partial charge in [0, 0.05) is 37.6 Å². The van der Waals surface area contributed by atoms with Crippen molar-refractivity contribution in [1.29, 1.82) is 0 Å². The molecule has 1 fully saturated rings. The van der Waals surface area contributed by atoms with Crippen LogP contribution in [0.4, 0.5) is 43.9 Å². The molecule has 10 nitrogen and oxygen atoms in total. The van der Waals surface area contributed by atoms with Crippen molar-refractivity contribution in [2.24, 2.45) is 0 Å². The van der Waals surface area contributed by atoms with Gasteiger partial charge in [-0.05, 0) is 44.0 Å². The molecule has 1 amide bonds. The van der Waals surface area contributed by atoms with Crippen LogP contribution in [0, 0.1) is 0 Å². The monoisotopic (exact) mass is 558 g/mol. The number of hydrogen-bond acceptors (Lipinski definition) is 8. The van der Waals surface area contributed by atoms with Crippen LogP contribution in [-0.2, 0) is 12.7 Å². The van der Waals surface area contributed by atoms with Crippen LogP contribution >= 0.6 is 0 Å². The molecule has 3 aromatic rings. The number of halogens is 6. The first kappa shape index (κ1) is 27.9. The van der Waals surface area contributed by atoms with Gasteiger partial charge in [0.05, 0.1) is 5.56 Å². The molecule has 2 aromatic heterocycles. The summed E-state index contributed by atoms with van der Waals surface area (Å²) in [7, 11) is 0. The molecular formula is C23H24F6N8O2. The van der Waals surface area contributed by atoms with E-state index in [0.29, 0.717) is 38.2 Å². The predicted octanol–water partition coefficient (Wildman–Crippen LogP) is 4.51. The summed E-state index contributed by atoms with van der Waals surface area (Å²) in [6.07, 6.45) is -6.61. The second-order valence-electron chi connectivity index (χ2n) is 8.64. The maximum absolute atomic E-state index is 13.1. The first-order chi connectivity index (χ1) is 18.4. The van der Waals surface area contributed by atoms with Crippen LogP contribution in [0.1, 0.15) is 35.8 Å². The number of piperidine rings is 1. The highest BCUT2D eigenvalue weighted by Crippen LogP contribution is 2.31. The largest absolute Gasteiger partial charge is 0.454 e. The van der Waals surface area contributed by atoms with Crippen LogP contribution in [0.15, 0.2) is 36.5 Å². The van der Waals surface area contributed by atoms with E-state index < -0.39 is 30.5 Å². The number of alkyl halides is 6. The Bertz CT molecular complexity index is 1290. The summed E-state index contributed by atoms with van der Waals surface area (Å²) < 4.78 is 83.6. The zero-order valence-corrected chi connectivity index (χ0v) is 20.6. The molecule has 39 heavy (non-hydrogen) atoms. The van der Waals surface area contributed by atoms with Gasteiger partial charge in [-0.15, -0.1) is 0 Å². The minimum Gasteiger partial charge on any atom is -0.454 e. The molecule has 0 saturated carbocycles. The maximum atomic E-state index is 13.1. The normalized spacial score (nSPS) is 14.8. The molecule has 1 aliphatic rings. The summed E-state index contributed by atoms with van der Waals surface area (Å²) in [4.78, 5) is 26.1. The van der Waals surface area contributed by atoms with Crippen LogP contribution in [0.5, 0.6) is 6.01 Å². The van der Waals surface area contributed by atoms with Crippen molar-refractivity contribution in [3.63, 3.8) is 0 Å². The van der Waals surface area contributed by atoms with E-state index in [-0.39, 0.29) is 29.5 Å². The molecule has 0 radical (unpaired) electrons. The molecule has 0 bridgehead atoms. The third-order valence-corrected chi connectivity index (χ3v) is 5.73. The smallest absolute Gasteiger partial charge is 0.422 e. The summed E-state index contributed by atoms with van der Waals surface area (Å²) in [5.74, 6) is -0.664. The molecular weight excluding hydrogens is 534 g/mol. The number of carbonyl (C=O) groups is 1. The van der Waals surface area contributed by atoms with E-state index in [2.05, 4.69) is 35.4 Å². The van der Waals surface area contributed by atoms with E-state index in [1.54, 1.807) is 21.8 Å². The Morgan fingerprint density at radius 3 is 2.41 bits per heavy atom.